The Hall–Kier alpha value is -3.08. The van der Waals surface area contributed by atoms with Crippen LogP contribution in [-0.4, -0.2) is 21.1 Å². The summed E-state index contributed by atoms with van der Waals surface area (Å²) in [6, 6.07) is 17.2. The molecule has 0 aliphatic rings. The Morgan fingerprint density at radius 3 is 2.54 bits per heavy atom. The second-order valence-corrected chi connectivity index (χ2v) is 7.30. The average Bonchev–Trinajstić information content (AvgIpc) is 2.70. The number of H-pyrrole nitrogens is 1. The maximum Gasteiger partial charge on any atom is 0.270 e. The summed E-state index contributed by atoms with van der Waals surface area (Å²) < 4.78 is 0. The molecule has 3 aromatic rings. The Kier molecular flexibility index (Phi) is 6.14. The van der Waals surface area contributed by atoms with Crippen molar-refractivity contribution in [3.63, 3.8) is 0 Å². The first-order chi connectivity index (χ1) is 13.5. The Morgan fingerprint density at radius 2 is 1.89 bits per heavy atom. The van der Waals surface area contributed by atoms with Crippen molar-refractivity contribution in [1.29, 1.82) is 5.26 Å². The van der Waals surface area contributed by atoms with Crippen LogP contribution < -0.4 is 10.9 Å². The predicted octanol–water partition coefficient (Wildman–Crippen LogP) is 4.08. The number of nitrogens with zero attached hydrogens (tertiary/aromatic N) is 2. The van der Waals surface area contributed by atoms with Crippen molar-refractivity contribution in [2.24, 2.45) is 0 Å². The summed E-state index contributed by atoms with van der Waals surface area (Å²) in [6.45, 7) is 1.71. The fourth-order valence-electron chi connectivity index (χ4n) is 2.45. The Balaban J connectivity index is 1.83. The SMILES string of the molecule is CC(Nc1ccc(Cl)cc1)C(=O)Sc1nc(-c2ccccc2)c(C#N)c(=O)[nH]1. The molecule has 0 fully saturated rings. The van der Waals surface area contributed by atoms with Crippen LogP contribution in [0.25, 0.3) is 11.3 Å². The standard InChI is InChI=1S/C20H15ClN4O2S/c1-12(23-15-9-7-14(21)8-10-15)19(27)28-20-24-17(13-5-3-2-4-6-13)16(11-22)18(26)25-20/h2-10,12,23H,1H3,(H,24,25,26). The summed E-state index contributed by atoms with van der Waals surface area (Å²) >= 11 is 6.67. The van der Waals surface area contributed by atoms with E-state index >= 15 is 0 Å². The molecule has 3 rings (SSSR count). The minimum atomic E-state index is -0.579. The number of carbonyl (C=O) groups is 1. The second kappa shape index (κ2) is 8.74. The number of aromatic amines is 1. The van der Waals surface area contributed by atoms with Gasteiger partial charge in [0.15, 0.2) is 5.16 Å². The number of anilines is 1. The topological polar surface area (TPSA) is 98.6 Å². The number of benzene rings is 2. The average molecular weight is 411 g/mol. The van der Waals surface area contributed by atoms with Crippen LogP contribution >= 0.6 is 23.4 Å². The fourth-order valence-corrected chi connectivity index (χ4v) is 3.28. The van der Waals surface area contributed by atoms with Crippen LogP contribution in [0.15, 0.2) is 64.5 Å². The van der Waals surface area contributed by atoms with E-state index in [4.69, 9.17) is 11.6 Å². The van der Waals surface area contributed by atoms with E-state index in [9.17, 15) is 14.9 Å². The van der Waals surface area contributed by atoms with Gasteiger partial charge in [0.1, 0.15) is 11.6 Å². The third-order valence-corrected chi connectivity index (χ3v) is 5.03. The van der Waals surface area contributed by atoms with E-state index in [-0.39, 0.29) is 21.5 Å². The van der Waals surface area contributed by atoms with Crippen LogP contribution in [0.4, 0.5) is 5.69 Å². The number of nitriles is 1. The smallest absolute Gasteiger partial charge is 0.270 e. The van der Waals surface area contributed by atoms with Crippen LogP contribution in [-0.2, 0) is 4.79 Å². The monoisotopic (exact) mass is 410 g/mol. The maximum atomic E-state index is 12.5. The molecule has 8 heteroatoms. The van der Waals surface area contributed by atoms with Crippen LogP contribution in [0.2, 0.25) is 5.02 Å². The third-order valence-electron chi connectivity index (χ3n) is 3.83. The highest BCUT2D eigenvalue weighted by Crippen LogP contribution is 2.23. The molecule has 0 amide bonds. The number of hydrogen-bond donors (Lipinski definition) is 2. The highest BCUT2D eigenvalue weighted by atomic mass is 35.5. The van der Waals surface area contributed by atoms with E-state index in [0.29, 0.717) is 10.6 Å². The predicted molar refractivity (Wildman–Crippen MR) is 110 cm³/mol. The summed E-state index contributed by atoms with van der Waals surface area (Å²) in [5, 5.41) is 12.9. The molecule has 1 aromatic heterocycles. The van der Waals surface area contributed by atoms with E-state index < -0.39 is 11.6 Å². The number of nitrogens with one attached hydrogen (secondary N) is 2. The number of carbonyl (C=O) groups excluding carboxylic acids is 1. The maximum absolute atomic E-state index is 12.5. The third kappa shape index (κ3) is 4.60. The Morgan fingerprint density at radius 1 is 1.21 bits per heavy atom. The molecule has 0 bridgehead atoms. The molecular formula is C20H15ClN4O2S. The zero-order chi connectivity index (χ0) is 20.1. The van der Waals surface area contributed by atoms with Crippen LogP contribution in [0.1, 0.15) is 12.5 Å². The lowest BCUT2D eigenvalue weighted by atomic mass is 10.1. The molecule has 0 saturated carbocycles. The van der Waals surface area contributed by atoms with Crippen LogP contribution in [0, 0.1) is 11.3 Å². The van der Waals surface area contributed by atoms with Gasteiger partial charge in [0.25, 0.3) is 5.56 Å². The minimum Gasteiger partial charge on any atom is -0.375 e. The molecule has 0 aliphatic carbocycles. The molecule has 0 spiro atoms. The molecular weight excluding hydrogens is 396 g/mol. The van der Waals surface area contributed by atoms with E-state index in [2.05, 4.69) is 15.3 Å². The lowest BCUT2D eigenvalue weighted by Crippen LogP contribution is -2.24. The Bertz CT molecular complexity index is 1090. The lowest BCUT2D eigenvalue weighted by molar-refractivity contribution is -0.111. The van der Waals surface area contributed by atoms with Gasteiger partial charge in [-0.2, -0.15) is 5.26 Å². The van der Waals surface area contributed by atoms with Crippen molar-refractivity contribution in [1.82, 2.24) is 9.97 Å². The van der Waals surface area contributed by atoms with Crippen molar-refractivity contribution >= 4 is 34.2 Å². The summed E-state index contributed by atoms with van der Waals surface area (Å²) in [4.78, 5) is 31.6. The number of thioether (sulfide) groups is 1. The lowest BCUT2D eigenvalue weighted by Gasteiger charge is -2.13. The normalized spacial score (nSPS) is 11.5. The van der Waals surface area contributed by atoms with Crippen LogP contribution in [0.3, 0.4) is 0 Å². The highest BCUT2D eigenvalue weighted by molar-refractivity contribution is 8.13. The molecule has 0 aliphatic heterocycles. The first-order valence-electron chi connectivity index (χ1n) is 8.31. The van der Waals surface area contributed by atoms with E-state index in [1.165, 1.54) is 0 Å². The van der Waals surface area contributed by atoms with Gasteiger partial charge in [-0.15, -0.1) is 0 Å². The zero-order valence-electron chi connectivity index (χ0n) is 14.8. The molecule has 2 aromatic carbocycles. The molecule has 1 atom stereocenters. The number of aromatic nitrogens is 2. The molecule has 1 heterocycles. The van der Waals surface area contributed by atoms with Crippen molar-refractivity contribution in [2.45, 2.75) is 18.1 Å². The van der Waals surface area contributed by atoms with Crippen molar-refractivity contribution in [3.8, 4) is 17.3 Å². The van der Waals surface area contributed by atoms with Crippen molar-refractivity contribution in [2.75, 3.05) is 5.32 Å². The fraction of sp³-hybridized carbons (Fsp3) is 0.100. The molecule has 2 N–H and O–H groups in total. The van der Waals surface area contributed by atoms with Gasteiger partial charge in [0, 0.05) is 16.3 Å². The van der Waals surface area contributed by atoms with Gasteiger partial charge >= 0.3 is 0 Å². The zero-order valence-corrected chi connectivity index (χ0v) is 16.3. The number of rotatable bonds is 5. The van der Waals surface area contributed by atoms with Gasteiger partial charge < -0.3 is 5.32 Å². The van der Waals surface area contributed by atoms with Gasteiger partial charge in [0.05, 0.1) is 11.7 Å². The number of hydrogen-bond acceptors (Lipinski definition) is 6. The molecule has 0 saturated heterocycles. The van der Waals surface area contributed by atoms with Crippen molar-refractivity contribution < 1.29 is 4.79 Å². The first kappa shape index (κ1) is 19.7. The molecule has 140 valence electrons. The van der Waals surface area contributed by atoms with E-state index in [0.717, 1.165) is 17.4 Å². The van der Waals surface area contributed by atoms with E-state index in [1.54, 1.807) is 55.5 Å². The summed E-state index contributed by atoms with van der Waals surface area (Å²) in [5.41, 5.74) is 0.963. The van der Waals surface area contributed by atoms with Gasteiger partial charge in [-0.1, -0.05) is 41.9 Å². The van der Waals surface area contributed by atoms with Gasteiger partial charge in [0.2, 0.25) is 5.12 Å². The Labute approximate surface area is 170 Å². The molecule has 6 nitrogen and oxygen atoms in total. The first-order valence-corrected chi connectivity index (χ1v) is 9.51. The summed E-state index contributed by atoms with van der Waals surface area (Å²) in [5.74, 6) is 0. The second-order valence-electron chi connectivity index (χ2n) is 5.87. The van der Waals surface area contributed by atoms with Crippen LogP contribution in [0.5, 0.6) is 0 Å². The molecule has 28 heavy (non-hydrogen) atoms. The largest absolute Gasteiger partial charge is 0.375 e. The van der Waals surface area contributed by atoms with Gasteiger partial charge in [-0.25, -0.2) is 4.98 Å². The molecule has 1 unspecified atom stereocenters. The van der Waals surface area contributed by atoms with E-state index in [1.807, 2.05) is 12.1 Å². The highest BCUT2D eigenvalue weighted by Gasteiger charge is 2.19. The molecule has 0 radical (unpaired) electrons. The quantitative estimate of drug-likeness (QED) is 0.485. The van der Waals surface area contributed by atoms with Gasteiger partial charge in [-0.05, 0) is 43.0 Å². The van der Waals surface area contributed by atoms with Gasteiger partial charge in [-0.3, -0.25) is 14.6 Å². The summed E-state index contributed by atoms with van der Waals surface area (Å²) in [7, 11) is 0. The van der Waals surface area contributed by atoms with Crippen molar-refractivity contribution in [3.05, 3.63) is 75.5 Å². The minimum absolute atomic E-state index is 0.0877. The number of halogens is 1. The summed E-state index contributed by atoms with van der Waals surface area (Å²) in [6.07, 6.45) is 0.